The predicted molar refractivity (Wildman–Crippen MR) is 79.5 cm³/mol. The van der Waals surface area contributed by atoms with Crippen LogP contribution in [0.3, 0.4) is 0 Å². The lowest BCUT2D eigenvalue weighted by Gasteiger charge is -2.30. The highest BCUT2D eigenvalue weighted by Crippen LogP contribution is 2.50. The molecule has 3 aliphatic rings. The van der Waals surface area contributed by atoms with Gasteiger partial charge in [-0.15, -0.1) is 0 Å². The van der Waals surface area contributed by atoms with Gasteiger partial charge in [0.25, 0.3) is 0 Å². The predicted octanol–water partition coefficient (Wildman–Crippen LogP) is 2.44. The van der Waals surface area contributed by atoms with E-state index in [0.717, 1.165) is 23.2 Å². The zero-order valence-corrected chi connectivity index (χ0v) is 12.1. The number of aromatic amines is 1. The summed E-state index contributed by atoms with van der Waals surface area (Å²) in [4.78, 5) is 18.3. The molecule has 3 heterocycles. The average molecular weight is 282 g/mol. The van der Waals surface area contributed by atoms with Crippen molar-refractivity contribution in [2.45, 2.75) is 31.2 Å². The lowest BCUT2D eigenvalue weighted by Crippen LogP contribution is -2.40. The summed E-state index contributed by atoms with van der Waals surface area (Å²) < 4.78 is 5.35. The lowest BCUT2D eigenvalue weighted by molar-refractivity contribution is -0.132. The smallest absolute Gasteiger partial charge is 0.227 e. The van der Waals surface area contributed by atoms with Crippen molar-refractivity contribution in [2.75, 3.05) is 13.7 Å². The van der Waals surface area contributed by atoms with E-state index in [1.54, 1.807) is 7.11 Å². The minimum Gasteiger partial charge on any atom is -0.497 e. The molecule has 1 saturated carbocycles. The Hall–Kier alpha value is -1.97. The zero-order chi connectivity index (χ0) is 14.1. The number of piperidine rings is 1. The van der Waals surface area contributed by atoms with Gasteiger partial charge in [0.05, 0.1) is 13.5 Å². The van der Waals surface area contributed by atoms with Crippen molar-refractivity contribution in [3.05, 3.63) is 29.5 Å². The summed E-state index contributed by atoms with van der Waals surface area (Å²) in [5.41, 5.74) is 3.64. The molecule has 0 spiro atoms. The summed E-state index contributed by atoms with van der Waals surface area (Å²) in [5, 5.41) is 1.16. The van der Waals surface area contributed by atoms with Crippen LogP contribution in [-0.2, 0) is 11.2 Å². The number of hydrogen-bond donors (Lipinski definition) is 1. The van der Waals surface area contributed by atoms with E-state index in [4.69, 9.17) is 4.74 Å². The van der Waals surface area contributed by atoms with E-state index in [1.807, 2.05) is 6.07 Å². The van der Waals surface area contributed by atoms with Gasteiger partial charge in [-0.05, 0) is 42.5 Å². The van der Waals surface area contributed by atoms with Gasteiger partial charge in [-0.3, -0.25) is 4.79 Å². The van der Waals surface area contributed by atoms with E-state index in [0.29, 0.717) is 30.2 Å². The molecule has 5 rings (SSSR count). The van der Waals surface area contributed by atoms with Crippen LogP contribution in [0, 0.1) is 5.92 Å². The van der Waals surface area contributed by atoms with Crippen molar-refractivity contribution in [1.82, 2.24) is 9.88 Å². The summed E-state index contributed by atoms with van der Waals surface area (Å²) in [6.07, 6.45) is 2.95. The molecule has 0 radical (unpaired) electrons. The van der Waals surface area contributed by atoms with Crippen molar-refractivity contribution in [2.24, 2.45) is 5.92 Å². The second-order valence-electron chi connectivity index (χ2n) is 6.66. The molecule has 1 aliphatic carbocycles. The number of H-pyrrole nitrogens is 1. The highest BCUT2D eigenvalue weighted by atomic mass is 16.5. The van der Waals surface area contributed by atoms with Crippen molar-refractivity contribution in [3.8, 4) is 5.75 Å². The van der Waals surface area contributed by atoms with E-state index in [-0.39, 0.29) is 0 Å². The van der Waals surface area contributed by atoms with E-state index in [2.05, 4.69) is 22.0 Å². The van der Waals surface area contributed by atoms with Gasteiger partial charge in [-0.25, -0.2) is 0 Å². The molecule has 1 aromatic carbocycles. The van der Waals surface area contributed by atoms with E-state index in [9.17, 15) is 4.79 Å². The molecule has 3 atom stereocenters. The highest BCUT2D eigenvalue weighted by molar-refractivity contribution is 5.92. The van der Waals surface area contributed by atoms with Crippen LogP contribution in [0.5, 0.6) is 5.75 Å². The number of carbonyl (C=O) groups is 1. The third-order valence-electron chi connectivity index (χ3n) is 5.65. The van der Waals surface area contributed by atoms with Crippen LogP contribution in [0.4, 0.5) is 0 Å². The van der Waals surface area contributed by atoms with Crippen molar-refractivity contribution >= 4 is 16.8 Å². The first-order valence-corrected chi connectivity index (χ1v) is 7.72. The highest BCUT2D eigenvalue weighted by Gasteiger charge is 2.50. The Morgan fingerprint density at radius 2 is 2.24 bits per heavy atom. The number of amides is 1. The number of fused-ring (bicyclic) bond motifs is 5. The van der Waals surface area contributed by atoms with Gasteiger partial charge in [0.15, 0.2) is 0 Å². The Balaban J connectivity index is 1.75. The van der Waals surface area contributed by atoms with Crippen LogP contribution < -0.4 is 4.74 Å². The number of nitrogens with one attached hydrogen (secondary N) is 1. The van der Waals surface area contributed by atoms with Gasteiger partial charge in [-0.1, -0.05) is 0 Å². The molecular weight excluding hydrogens is 264 g/mol. The molecule has 4 heteroatoms. The Labute approximate surface area is 123 Å². The van der Waals surface area contributed by atoms with E-state index in [1.165, 1.54) is 24.1 Å². The maximum atomic E-state index is 12.6. The van der Waals surface area contributed by atoms with E-state index >= 15 is 0 Å². The molecular formula is C17H18N2O2. The molecule has 2 aliphatic heterocycles. The third-order valence-corrected chi connectivity index (χ3v) is 5.65. The minimum atomic E-state index is 0.301. The van der Waals surface area contributed by atoms with Crippen LogP contribution in [0.1, 0.15) is 30.0 Å². The largest absolute Gasteiger partial charge is 0.497 e. The number of rotatable bonds is 1. The molecule has 1 saturated heterocycles. The molecule has 2 aromatic rings. The molecule has 2 fully saturated rings. The van der Waals surface area contributed by atoms with Crippen LogP contribution in [0.25, 0.3) is 10.9 Å². The Kier molecular flexibility index (Phi) is 2.12. The van der Waals surface area contributed by atoms with Gasteiger partial charge < -0.3 is 14.6 Å². The van der Waals surface area contributed by atoms with Crippen LogP contribution in [0.2, 0.25) is 0 Å². The fourth-order valence-electron chi connectivity index (χ4n) is 4.76. The van der Waals surface area contributed by atoms with Crippen molar-refractivity contribution in [1.29, 1.82) is 0 Å². The van der Waals surface area contributed by atoms with Gasteiger partial charge in [-0.2, -0.15) is 0 Å². The van der Waals surface area contributed by atoms with E-state index < -0.39 is 0 Å². The summed E-state index contributed by atoms with van der Waals surface area (Å²) in [7, 11) is 1.69. The first kappa shape index (κ1) is 11.7. The fourth-order valence-corrected chi connectivity index (χ4v) is 4.76. The normalized spacial score (nSPS) is 29.9. The number of aromatic nitrogens is 1. The van der Waals surface area contributed by atoms with Gasteiger partial charge >= 0.3 is 0 Å². The van der Waals surface area contributed by atoms with Gasteiger partial charge in [0, 0.05) is 35.1 Å². The third kappa shape index (κ3) is 1.42. The minimum absolute atomic E-state index is 0.301. The van der Waals surface area contributed by atoms with Gasteiger partial charge in [0.1, 0.15) is 5.75 Å². The molecule has 1 amide bonds. The molecule has 21 heavy (non-hydrogen) atoms. The number of carbonyl (C=O) groups excluding carboxylic acids is 1. The van der Waals surface area contributed by atoms with Crippen molar-refractivity contribution < 1.29 is 9.53 Å². The molecule has 108 valence electrons. The van der Waals surface area contributed by atoms with Gasteiger partial charge in [0.2, 0.25) is 5.91 Å². The lowest BCUT2D eigenvalue weighted by atomic mass is 9.93. The summed E-state index contributed by atoms with van der Waals surface area (Å²) >= 11 is 0. The second-order valence-corrected chi connectivity index (χ2v) is 6.66. The van der Waals surface area contributed by atoms with Crippen LogP contribution in [-0.4, -0.2) is 35.5 Å². The van der Waals surface area contributed by atoms with Crippen LogP contribution >= 0.6 is 0 Å². The number of benzene rings is 1. The first-order valence-electron chi connectivity index (χ1n) is 7.72. The zero-order valence-electron chi connectivity index (χ0n) is 12.1. The Morgan fingerprint density at radius 1 is 1.33 bits per heavy atom. The average Bonchev–Trinajstić information content (AvgIpc) is 3.17. The summed E-state index contributed by atoms with van der Waals surface area (Å²) in [5.74, 6) is 2.36. The maximum Gasteiger partial charge on any atom is 0.227 e. The molecule has 2 bridgehead atoms. The quantitative estimate of drug-likeness (QED) is 0.873. The second kappa shape index (κ2) is 3.81. The molecule has 1 aromatic heterocycles. The number of methoxy groups -OCH3 is 1. The summed E-state index contributed by atoms with van der Waals surface area (Å²) in [6.45, 7) is 0.978. The number of nitrogens with zero attached hydrogens (tertiary/aromatic N) is 1. The SMILES string of the molecule is COc1ccc2[nH]c3c(c2c1)CC(=O)N1C[C@H]2C[C@@H]3[C@@H]1C2. The van der Waals surface area contributed by atoms with Crippen molar-refractivity contribution in [3.63, 3.8) is 0 Å². The first-order chi connectivity index (χ1) is 10.2. The summed E-state index contributed by atoms with van der Waals surface area (Å²) in [6, 6.07) is 6.54. The molecule has 4 nitrogen and oxygen atoms in total. The molecule has 1 N–H and O–H groups in total. The monoisotopic (exact) mass is 282 g/mol. The fraction of sp³-hybridized carbons (Fsp3) is 0.471. The maximum absolute atomic E-state index is 12.6. The number of hydrogen-bond acceptors (Lipinski definition) is 2. The number of ether oxygens (including phenoxy) is 1. The Morgan fingerprint density at radius 3 is 3.05 bits per heavy atom. The Bertz CT molecular complexity index is 763. The topological polar surface area (TPSA) is 45.3 Å². The van der Waals surface area contributed by atoms with Crippen LogP contribution in [0.15, 0.2) is 18.2 Å². The standard InChI is InChI=1S/C17H18N2O2/c1-21-10-2-3-14-11(6-10)12-7-16(20)19-8-9-4-13(15(19)5-9)17(12)18-14/h2-3,6,9,13,15,18H,4-5,7-8H2,1H3/t9-,13+,15-/m0/s1. The molecule has 0 unspecified atom stereocenters.